The van der Waals surface area contributed by atoms with Crippen LogP contribution in [-0.2, 0) is 12.5 Å². The molecule has 0 unspecified atom stereocenters. The van der Waals surface area contributed by atoms with Crippen LogP contribution in [0.2, 0.25) is 0 Å². The average molecular weight is 287 g/mol. The summed E-state index contributed by atoms with van der Waals surface area (Å²) in [6.07, 6.45) is -2.67. The van der Waals surface area contributed by atoms with Gasteiger partial charge >= 0.3 is 0 Å². The van der Waals surface area contributed by atoms with Gasteiger partial charge in [-0.25, -0.2) is 13.8 Å². The Morgan fingerprint density at radius 3 is 2.64 bits per heavy atom. The summed E-state index contributed by atoms with van der Waals surface area (Å²) in [5.74, 6) is 0.130. The molecule has 0 bridgehead atoms. The zero-order valence-corrected chi connectivity index (χ0v) is 9.32. The van der Waals surface area contributed by atoms with Crippen molar-refractivity contribution >= 4 is 27.5 Å². The van der Waals surface area contributed by atoms with E-state index in [2.05, 4.69) is 20.9 Å². The lowest BCUT2D eigenvalue weighted by Gasteiger charge is -2.08. The van der Waals surface area contributed by atoms with Crippen molar-refractivity contribution in [2.24, 2.45) is 0 Å². The van der Waals surface area contributed by atoms with Crippen LogP contribution in [0, 0.1) is 0 Å². The molecule has 1 N–H and O–H groups in total. The van der Waals surface area contributed by atoms with E-state index in [9.17, 15) is 8.78 Å². The Morgan fingerprint density at radius 2 is 2.21 bits per heavy atom. The van der Waals surface area contributed by atoms with Gasteiger partial charge in [0.25, 0.3) is 6.43 Å². The monoisotopic (exact) mass is 285 g/mol. The van der Waals surface area contributed by atoms with Crippen molar-refractivity contribution in [2.75, 3.05) is 0 Å². The highest BCUT2D eigenvalue weighted by Crippen LogP contribution is 2.28. The first kappa shape index (κ1) is 11.8. The van der Waals surface area contributed by atoms with Gasteiger partial charge in [-0.1, -0.05) is 0 Å². The number of aliphatic hydroxyl groups is 1. The second-order valence-corrected chi connectivity index (χ2v) is 3.68. The molecule has 14 heavy (non-hydrogen) atoms. The highest BCUT2D eigenvalue weighted by molar-refractivity contribution is 9.10. The summed E-state index contributed by atoms with van der Waals surface area (Å²) in [6, 6.07) is 1.45. The number of halogens is 4. The molecule has 0 fully saturated rings. The molecule has 0 saturated heterocycles. The van der Waals surface area contributed by atoms with Gasteiger partial charge < -0.3 is 5.11 Å². The Balaban J connectivity index is 3.23. The number of alkyl halides is 3. The van der Waals surface area contributed by atoms with E-state index in [1.807, 2.05) is 0 Å². The van der Waals surface area contributed by atoms with Gasteiger partial charge in [-0.15, -0.1) is 11.6 Å². The average Bonchev–Trinajstić information content (AvgIpc) is 2.16. The molecule has 0 spiro atoms. The zero-order chi connectivity index (χ0) is 10.7. The van der Waals surface area contributed by atoms with Crippen LogP contribution < -0.4 is 0 Å². The first-order chi connectivity index (χ1) is 6.60. The van der Waals surface area contributed by atoms with Crippen molar-refractivity contribution in [3.63, 3.8) is 0 Å². The maximum atomic E-state index is 12.4. The summed E-state index contributed by atoms with van der Waals surface area (Å²) in [7, 11) is 0. The minimum Gasteiger partial charge on any atom is -0.390 e. The molecule has 0 aliphatic carbocycles. The SMILES string of the molecule is OCc1nc(C(F)F)c(Br)cc1CCl. The van der Waals surface area contributed by atoms with E-state index in [0.717, 1.165) is 0 Å². The molecule has 0 aromatic carbocycles. The Morgan fingerprint density at radius 1 is 1.57 bits per heavy atom. The molecule has 0 aliphatic rings. The van der Waals surface area contributed by atoms with E-state index in [4.69, 9.17) is 16.7 Å². The van der Waals surface area contributed by atoms with E-state index in [-0.39, 0.29) is 21.7 Å². The fraction of sp³-hybridized carbons (Fsp3) is 0.375. The second kappa shape index (κ2) is 5.00. The Hall–Kier alpha value is -0.260. The van der Waals surface area contributed by atoms with Crippen LogP contribution in [0.15, 0.2) is 10.5 Å². The molecule has 0 amide bonds. The third kappa shape index (κ3) is 2.40. The van der Waals surface area contributed by atoms with Gasteiger partial charge in [-0.3, -0.25) is 0 Å². The number of aliphatic hydroxyl groups excluding tert-OH is 1. The molecule has 0 aliphatic heterocycles. The molecule has 2 nitrogen and oxygen atoms in total. The number of aromatic nitrogens is 1. The van der Waals surface area contributed by atoms with E-state index >= 15 is 0 Å². The van der Waals surface area contributed by atoms with Crippen molar-refractivity contribution in [1.29, 1.82) is 0 Å². The Bertz CT molecular complexity index is 335. The molecule has 1 aromatic rings. The molecule has 1 aromatic heterocycles. The summed E-state index contributed by atoms with van der Waals surface area (Å²) < 4.78 is 25.0. The van der Waals surface area contributed by atoms with Gasteiger partial charge in [0.2, 0.25) is 0 Å². The molecule has 1 heterocycles. The maximum absolute atomic E-state index is 12.4. The first-order valence-corrected chi connectivity index (χ1v) is 5.06. The molecule has 0 radical (unpaired) electrons. The number of hydrogen-bond acceptors (Lipinski definition) is 2. The van der Waals surface area contributed by atoms with Crippen molar-refractivity contribution in [1.82, 2.24) is 4.98 Å². The smallest absolute Gasteiger partial charge is 0.281 e. The Labute approximate surface area is 93.0 Å². The molecule has 0 saturated carbocycles. The normalized spacial score (nSPS) is 11.0. The summed E-state index contributed by atoms with van der Waals surface area (Å²) in [4.78, 5) is 3.63. The molecular weight excluding hydrogens is 279 g/mol. The number of rotatable bonds is 3. The zero-order valence-electron chi connectivity index (χ0n) is 6.98. The van der Waals surface area contributed by atoms with Gasteiger partial charge in [0.15, 0.2) is 0 Å². The van der Waals surface area contributed by atoms with Crippen LogP contribution in [0.4, 0.5) is 8.78 Å². The van der Waals surface area contributed by atoms with Crippen molar-refractivity contribution < 1.29 is 13.9 Å². The van der Waals surface area contributed by atoms with Gasteiger partial charge in [0.05, 0.1) is 12.3 Å². The number of pyridine rings is 1. The minimum absolute atomic E-state index is 0.130. The first-order valence-electron chi connectivity index (χ1n) is 3.73. The molecule has 78 valence electrons. The lowest BCUT2D eigenvalue weighted by atomic mass is 10.2. The van der Waals surface area contributed by atoms with E-state index in [1.165, 1.54) is 6.07 Å². The second-order valence-electron chi connectivity index (χ2n) is 2.55. The lowest BCUT2D eigenvalue weighted by Crippen LogP contribution is -2.02. The van der Waals surface area contributed by atoms with Crippen LogP contribution in [0.5, 0.6) is 0 Å². The van der Waals surface area contributed by atoms with Gasteiger partial charge in [-0.2, -0.15) is 0 Å². The maximum Gasteiger partial charge on any atom is 0.281 e. The van der Waals surface area contributed by atoms with Crippen molar-refractivity contribution in [3.8, 4) is 0 Å². The van der Waals surface area contributed by atoms with Crippen LogP contribution in [-0.4, -0.2) is 10.1 Å². The number of nitrogens with zero attached hydrogens (tertiary/aromatic N) is 1. The highest BCUT2D eigenvalue weighted by atomic mass is 79.9. The predicted molar refractivity (Wildman–Crippen MR) is 52.4 cm³/mol. The summed E-state index contributed by atoms with van der Waals surface area (Å²) in [6.45, 7) is -0.394. The summed E-state index contributed by atoms with van der Waals surface area (Å²) in [5, 5.41) is 8.87. The van der Waals surface area contributed by atoms with Gasteiger partial charge in [0.1, 0.15) is 5.69 Å². The largest absolute Gasteiger partial charge is 0.390 e. The molecule has 6 heteroatoms. The van der Waals surface area contributed by atoms with Crippen LogP contribution >= 0.6 is 27.5 Å². The highest BCUT2D eigenvalue weighted by Gasteiger charge is 2.16. The number of hydrogen-bond donors (Lipinski definition) is 1. The predicted octanol–water partition coefficient (Wildman–Crippen LogP) is 3.01. The lowest BCUT2D eigenvalue weighted by molar-refractivity contribution is 0.144. The quantitative estimate of drug-likeness (QED) is 0.867. The fourth-order valence-corrected chi connectivity index (χ4v) is 1.76. The fourth-order valence-electron chi connectivity index (χ4n) is 0.986. The van der Waals surface area contributed by atoms with Gasteiger partial charge in [-0.05, 0) is 27.6 Å². The van der Waals surface area contributed by atoms with Crippen molar-refractivity contribution in [3.05, 3.63) is 27.5 Å². The topological polar surface area (TPSA) is 33.1 Å². The van der Waals surface area contributed by atoms with Crippen LogP contribution in [0.3, 0.4) is 0 Å². The Kier molecular flexibility index (Phi) is 4.22. The third-order valence-electron chi connectivity index (χ3n) is 1.67. The minimum atomic E-state index is -2.67. The third-order valence-corrected chi connectivity index (χ3v) is 2.60. The summed E-state index contributed by atoms with van der Waals surface area (Å²) in [5.41, 5.74) is 0.367. The van der Waals surface area contributed by atoms with Gasteiger partial charge in [0, 0.05) is 10.4 Å². The van der Waals surface area contributed by atoms with E-state index < -0.39 is 13.0 Å². The van der Waals surface area contributed by atoms with Crippen LogP contribution in [0.1, 0.15) is 23.4 Å². The van der Waals surface area contributed by atoms with E-state index in [0.29, 0.717) is 5.56 Å². The molecule has 1 rings (SSSR count). The molecule has 0 atom stereocenters. The van der Waals surface area contributed by atoms with Crippen molar-refractivity contribution in [2.45, 2.75) is 18.9 Å². The van der Waals surface area contributed by atoms with Crippen LogP contribution in [0.25, 0.3) is 0 Å². The van der Waals surface area contributed by atoms with E-state index in [1.54, 1.807) is 0 Å². The summed E-state index contributed by atoms with van der Waals surface area (Å²) >= 11 is 8.52. The standard InChI is InChI=1S/C8H7BrClF2NO/c9-5-1-4(2-10)6(3-14)13-7(5)8(11)12/h1,8,14H,2-3H2. The molecular formula is C8H7BrClF2NO.